The number of hydrogen-bond donors (Lipinski definition) is 1. The molecule has 0 unspecified atom stereocenters. The Labute approximate surface area is 114 Å². The van der Waals surface area contributed by atoms with Gasteiger partial charge in [-0.25, -0.2) is 0 Å². The van der Waals surface area contributed by atoms with Crippen LogP contribution in [0.2, 0.25) is 0 Å². The van der Waals surface area contributed by atoms with E-state index < -0.39 is 0 Å². The van der Waals surface area contributed by atoms with Crippen LogP contribution in [0, 0.1) is 0 Å². The minimum absolute atomic E-state index is 0.0925. The summed E-state index contributed by atoms with van der Waals surface area (Å²) in [7, 11) is 1.89. The van der Waals surface area contributed by atoms with Gasteiger partial charge in [-0.05, 0) is 44.0 Å². The van der Waals surface area contributed by atoms with E-state index in [9.17, 15) is 4.79 Å². The highest BCUT2D eigenvalue weighted by atomic mass is 16.5. The quantitative estimate of drug-likeness (QED) is 0.905. The summed E-state index contributed by atoms with van der Waals surface area (Å²) in [6.07, 6.45) is 1.86. The molecule has 0 spiro atoms. The van der Waals surface area contributed by atoms with Crippen LogP contribution in [0.4, 0.5) is 5.69 Å². The van der Waals surface area contributed by atoms with Gasteiger partial charge >= 0.3 is 0 Å². The first-order valence-electron chi connectivity index (χ1n) is 6.91. The fourth-order valence-electron chi connectivity index (χ4n) is 2.38. The number of nitrogens with one attached hydrogen (secondary N) is 1. The average molecular weight is 262 g/mol. The van der Waals surface area contributed by atoms with E-state index >= 15 is 0 Å². The molecule has 1 aliphatic rings. The Kier molecular flexibility index (Phi) is 4.80. The molecule has 0 saturated carbocycles. The fourth-order valence-corrected chi connectivity index (χ4v) is 2.38. The van der Waals surface area contributed by atoms with E-state index in [0.717, 1.165) is 43.9 Å². The molecule has 1 aromatic carbocycles. The van der Waals surface area contributed by atoms with Crippen LogP contribution in [0.15, 0.2) is 24.3 Å². The summed E-state index contributed by atoms with van der Waals surface area (Å²) in [6, 6.07) is 7.98. The van der Waals surface area contributed by atoms with Crippen molar-refractivity contribution in [3.63, 3.8) is 0 Å². The predicted molar refractivity (Wildman–Crippen MR) is 76.5 cm³/mol. The summed E-state index contributed by atoms with van der Waals surface area (Å²) < 4.78 is 5.33. The van der Waals surface area contributed by atoms with E-state index in [-0.39, 0.29) is 5.91 Å². The second-order valence-electron chi connectivity index (χ2n) is 4.87. The number of nitrogens with zero attached hydrogens (tertiary/aromatic N) is 1. The van der Waals surface area contributed by atoms with Crippen molar-refractivity contribution in [2.45, 2.75) is 25.8 Å². The summed E-state index contributed by atoms with van der Waals surface area (Å²) in [5.41, 5.74) is 1.79. The minimum Gasteiger partial charge on any atom is -0.385 e. The zero-order chi connectivity index (χ0) is 13.7. The van der Waals surface area contributed by atoms with E-state index in [1.54, 1.807) is 0 Å². The number of benzene rings is 1. The predicted octanol–water partition coefficient (Wildman–Crippen LogP) is 2.37. The summed E-state index contributed by atoms with van der Waals surface area (Å²) in [5.74, 6) is 0.0925. The molecule has 4 heteroatoms. The van der Waals surface area contributed by atoms with E-state index in [0.29, 0.717) is 6.04 Å². The maximum absolute atomic E-state index is 12.4. The van der Waals surface area contributed by atoms with Gasteiger partial charge in [-0.2, -0.15) is 0 Å². The summed E-state index contributed by atoms with van der Waals surface area (Å²) in [6.45, 7) is 4.44. The van der Waals surface area contributed by atoms with Crippen molar-refractivity contribution in [3.05, 3.63) is 29.8 Å². The molecule has 2 rings (SSSR count). The highest BCUT2D eigenvalue weighted by molar-refractivity contribution is 5.94. The van der Waals surface area contributed by atoms with Crippen molar-refractivity contribution in [1.82, 2.24) is 4.90 Å². The van der Waals surface area contributed by atoms with Crippen LogP contribution < -0.4 is 5.32 Å². The lowest BCUT2D eigenvalue weighted by Crippen LogP contribution is -2.40. The van der Waals surface area contributed by atoms with Crippen LogP contribution >= 0.6 is 0 Å². The smallest absolute Gasteiger partial charge is 0.253 e. The fraction of sp³-hybridized carbons (Fsp3) is 0.533. The van der Waals surface area contributed by atoms with Crippen molar-refractivity contribution in [2.75, 3.05) is 32.1 Å². The molecule has 0 radical (unpaired) electrons. The molecule has 0 aliphatic carbocycles. The summed E-state index contributed by atoms with van der Waals surface area (Å²) >= 11 is 0. The Morgan fingerprint density at radius 3 is 2.53 bits per heavy atom. The molecular weight excluding hydrogens is 240 g/mol. The van der Waals surface area contributed by atoms with Crippen molar-refractivity contribution in [1.29, 1.82) is 0 Å². The summed E-state index contributed by atoms with van der Waals surface area (Å²) in [5, 5.41) is 3.22. The van der Waals surface area contributed by atoms with E-state index in [4.69, 9.17) is 4.74 Å². The molecule has 0 atom stereocenters. The highest BCUT2D eigenvalue weighted by Gasteiger charge is 2.23. The molecule has 19 heavy (non-hydrogen) atoms. The number of rotatable bonds is 4. The van der Waals surface area contributed by atoms with Gasteiger partial charge in [0.05, 0.1) is 0 Å². The van der Waals surface area contributed by atoms with Gasteiger partial charge in [-0.1, -0.05) is 0 Å². The third-order valence-corrected chi connectivity index (χ3v) is 3.57. The molecule has 1 fully saturated rings. The first-order chi connectivity index (χ1) is 9.22. The second kappa shape index (κ2) is 6.57. The van der Waals surface area contributed by atoms with Crippen molar-refractivity contribution in [2.24, 2.45) is 0 Å². The van der Waals surface area contributed by atoms with E-state index in [1.165, 1.54) is 0 Å². The molecule has 0 aromatic heterocycles. The lowest BCUT2D eigenvalue weighted by molar-refractivity contribution is 0.0362. The van der Waals surface area contributed by atoms with E-state index in [2.05, 4.69) is 12.2 Å². The minimum atomic E-state index is 0.0925. The Balaban J connectivity index is 2.01. The highest BCUT2D eigenvalue weighted by Crippen LogP contribution is 2.17. The third-order valence-electron chi connectivity index (χ3n) is 3.57. The van der Waals surface area contributed by atoms with Gasteiger partial charge in [0.1, 0.15) is 0 Å². The van der Waals surface area contributed by atoms with Gasteiger partial charge in [0, 0.05) is 44.1 Å². The molecule has 1 saturated heterocycles. The van der Waals surface area contributed by atoms with Crippen LogP contribution in [0.1, 0.15) is 30.1 Å². The van der Waals surface area contributed by atoms with Gasteiger partial charge in [0.25, 0.3) is 5.91 Å². The van der Waals surface area contributed by atoms with Gasteiger partial charge in [0.2, 0.25) is 0 Å². The number of ether oxygens (including phenoxy) is 1. The Bertz CT molecular complexity index is 411. The normalized spacial score (nSPS) is 16.1. The Hall–Kier alpha value is -1.55. The van der Waals surface area contributed by atoms with Crippen molar-refractivity contribution < 1.29 is 9.53 Å². The van der Waals surface area contributed by atoms with E-state index in [1.807, 2.05) is 36.2 Å². The molecule has 1 aromatic rings. The average Bonchev–Trinajstić information content (AvgIpc) is 2.48. The summed E-state index contributed by atoms with van der Waals surface area (Å²) in [4.78, 5) is 14.2. The monoisotopic (exact) mass is 262 g/mol. The van der Waals surface area contributed by atoms with Crippen LogP contribution in [0.25, 0.3) is 0 Å². The number of amides is 1. The molecule has 1 N–H and O–H groups in total. The molecule has 0 bridgehead atoms. The largest absolute Gasteiger partial charge is 0.385 e. The van der Waals surface area contributed by atoms with Gasteiger partial charge in [-0.3, -0.25) is 4.79 Å². The first kappa shape index (κ1) is 13.9. The number of carbonyl (C=O) groups excluding carboxylic acids is 1. The Morgan fingerprint density at radius 2 is 1.95 bits per heavy atom. The van der Waals surface area contributed by atoms with Crippen LogP contribution in [0.3, 0.4) is 0 Å². The molecule has 104 valence electrons. The van der Waals surface area contributed by atoms with Gasteiger partial charge in [0.15, 0.2) is 0 Å². The molecule has 1 amide bonds. The maximum atomic E-state index is 12.4. The topological polar surface area (TPSA) is 41.6 Å². The third kappa shape index (κ3) is 3.47. The molecular formula is C15H22N2O2. The SMILES string of the molecule is CCNc1ccc(C(=O)N(C)C2CCOCC2)cc1. The maximum Gasteiger partial charge on any atom is 0.253 e. The first-order valence-corrected chi connectivity index (χ1v) is 6.91. The molecule has 1 heterocycles. The number of hydrogen-bond acceptors (Lipinski definition) is 3. The number of carbonyl (C=O) groups is 1. The number of anilines is 1. The van der Waals surface area contributed by atoms with Gasteiger partial charge in [-0.15, -0.1) is 0 Å². The zero-order valence-corrected chi connectivity index (χ0v) is 11.7. The molecule has 4 nitrogen and oxygen atoms in total. The van der Waals surface area contributed by atoms with Crippen molar-refractivity contribution in [3.8, 4) is 0 Å². The lowest BCUT2D eigenvalue weighted by Gasteiger charge is -2.31. The molecule has 1 aliphatic heterocycles. The second-order valence-corrected chi connectivity index (χ2v) is 4.87. The lowest BCUT2D eigenvalue weighted by atomic mass is 10.1. The van der Waals surface area contributed by atoms with Crippen molar-refractivity contribution >= 4 is 11.6 Å². The van der Waals surface area contributed by atoms with Crippen LogP contribution in [-0.2, 0) is 4.74 Å². The van der Waals surface area contributed by atoms with Crippen LogP contribution in [-0.4, -0.2) is 43.7 Å². The van der Waals surface area contributed by atoms with Crippen LogP contribution in [0.5, 0.6) is 0 Å². The zero-order valence-electron chi connectivity index (χ0n) is 11.7. The van der Waals surface area contributed by atoms with Gasteiger partial charge < -0.3 is 15.0 Å². The Morgan fingerprint density at radius 1 is 1.32 bits per heavy atom. The standard InChI is InChI=1S/C15H22N2O2/c1-3-16-13-6-4-12(5-7-13)15(18)17(2)14-8-10-19-11-9-14/h4-7,14,16H,3,8-11H2,1-2H3.